The molecule has 0 unspecified atom stereocenters. The Morgan fingerprint density at radius 2 is 0.979 bits per heavy atom. The third-order valence-corrected chi connectivity index (χ3v) is 10.3. The molecule has 0 amide bonds. The van der Waals surface area contributed by atoms with E-state index in [-0.39, 0.29) is 33.8 Å². The topological polar surface area (TPSA) is 59.1 Å². The maximum atomic E-state index is 14.0. The normalized spacial score (nSPS) is 19.4. The van der Waals surface area contributed by atoms with E-state index in [4.69, 9.17) is 9.47 Å². The molecule has 5 rings (SSSR count). The van der Waals surface area contributed by atoms with Crippen molar-refractivity contribution >= 4 is 11.6 Å². The first-order valence-electron chi connectivity index (χ1n) is 16.0. The number of Topliss-reactive ketones (excluding diaryl/α,β-unsaturated/α-hetero) is 2. The molecule has 3 aliphatic rings. The number of nitrogens with zero attached hydrogens (tertiary/aromatic N) is 2. The first kappa shape index (κ1) is 35.5. The van der Waals surface area contributed by atoms with Gasteiger partial charge in [-0.25, -0.2) is 0 Å². The first-order chi connectivity index (χ1) is 21.9. The molecule has 1 aliphatic carbocycles. The van der Waals surface area contributed by atoms with Gasteiger partial charge < -0.3 is 9.47 Å². The van der Waals surface area contributed by atoms with Gasteiger partial charge in [0.1, 0.15) is 0 Å². The molecular weight excluding hydrogens is 626 g/mol. The van der Waals surface area contributed by atoms with Gasteiger partial charge >= 0.3 is 12.4 Å². The van der Waals surface area contributed by atoms with Crippen LogP contribution in [-0.2, 0) is 14.9 Å². The van der Waals surface area contributed by atoms with Crippen molar-refractivity contribution in [1.82, 2.24) is 9.80 Å². The van der Waals surface area contributed by atoms with Crippen molar-refractivity contribution in [2.75, 3.05) is 52.6 Å². The highest BCUT2D eigenvalue weighted by atomic mass is 19.4. The number of ether oxygens (including phenoxy) is 2. The zero-order chi connectivity index (χ0) is 34.4. The molecule has 6 nitrogen and oxygen atoms in total. The zero-order valence-corrected chi connectivity index (χ0v) is 27.2. The van der Waals surface area contributed by atoms with Crippen LogP contribution >= 0.6 is 0 Å². The van der Waals surface area contributed by atoms with E-state index in [9.17, 15) is 35.9 Å². The molecule has 47 heavy (non-hydrogen) atoms. The van der Waals surface area contributed by atoms with Gasteiger partial charge in [0.25, 0.3) is 0 Å². The standard InChI is InChI=1S/C35H42F6N2O4/c1-31(2,42-13-17-46-18-14-42)29(44)23-5-7-25-26-8-6-24(30(45)32(3,4)43-15-19-47-20-16-43)22-28(26)33(27(25)21-23,9-11-34(36,37)38)10-12-35(39,40)41/h5-8,21-22H,9-20H2,1-4H3. The van der Waals surface area contributed by atoms with Crippen molar-refractivity contribution < 1.29 is 45.4 Å². The Hall–Kier alpha value is -2.80. The van der Waals surface area contributed by atoms with E-state index in [1.807, 2.05) is 9.80 Å². The third-order valence-electron chi connectivity index (χ3n) is 10.3. The van der Waals surface area contributed by atoms with Gasteiger partial charge in [-0.3, -0.25) is 19.4 Å². The lowest BCUT2D eigenvalue weighted by Gasteiger charge is -2.40. The van der Waals surface area contributed by atoms with E-state index in [0.29, 0.717) is 63.7 Å². The molecule has 0 atom stereocenters. The summed E-state index contributed by atoms with van der Waals surface area (Å²) < 4.78 is 94.1. The van der Waals surface area contributed by atoms with Crippen molar-refractivity contribution in [2.24, 2.45) is 0 Å². The highest BCUT2D eigenvalue weighted by Crippen LogP contribution is 2.56. The summed E-state index contributed by atoms with van der Waals surface area (Å²) in [6.45, 7) is 10.8. The van der Waals surface area contributed by atoms with Crippen LogP contribution in [0.2, 0.25) is 0 Å². The molecule has 2 heterocycles. The molecule has 0 radical (unpaired) electrons. The fourth-order valence-corrected chi connectivity index (χ4v) is 7.39. The largest absolute Gasteiger partial charge is 0.389 e. The van der Waals surface area contributed by atoms with E-state index in [1.54, 1.807) is 52.0 Å². The lowest BCUT2D eigenvalue weighted by atomic mass is 9.70. The molecule has 0 aromatic heterocycles. The van der Waals surface area contributed by atoms with E-state index in [2.05, 4.69) is 0 Å². The molecule has 2 fully saturated rings. The van der Waals surface area contributed by atoms with Gasteiger partial charge in [0.15, 0.2) is 11.6 Å². The number of ketones is 2. The highest BCUT2D eigenvalue weighted by molar-refractivity contribution is 6.05. The molecule has 258 valence electrons. The fraction of sp³-hybridized carbons (Fsp3) is 0.600. The number of rotatable bonds is 10. The minimum absolute atomic E-state index is 0.209. The molecule has 0 bridgehead atoms. The summed E-state index contributed by atoms with van der Waals surface area (Å²) >= 11 is 0. The van der Waals surface area contributed by atoms with Crippen LogP contribution < -0.4 is 0 Å². The molecule has 2 aliphatic heterocycles. The molecule has 2 saturated heterocycles. The average molecular weight is 669 g/mol. The van der Waals surface area contributed by atoms with Crippen molar-refractivity contribution in [3.8, 4) is 11.1 Å². The van der Waals surface area contributed by atoms with Crippen molar-refractivity contribution in [2.45, 2.75) is 82.2 Å². The number of morpholine rings is 2. The summed E-state index contributed by atoms with van der Waals surface area (Å²) in [5, 5.41) is 0. The lowest BCUT2D eigenvalue weighted by Crippen LogP contribution is -2.54. The summed E-state index contributed by atoms with van der Waals surface area (Å²) in [6, 6.07) is 9.42. The lowest BCUT2D eigenvalue weighted by molar-refractivity contribution is -0.143. The quantitative estimate of drug-likeness (QED) is 0.197. The van der Waals surface area contributed by atoms with Gasteiger partial charge in [0.2, 0.25) is 0 Å². The van der Waals surface area contributed by atoms with Gasteiger partial charge in [0, 0.05) is 55.6 Å². The van der Waals surface area contributed by atoms with Crippen molar-refractivity contribution in [3.05, 3.63) is 58.7 Å². The molecular formula is C35H42F6N2O4. The SMILES string of the molecule is CC(C)(C(=O)c1ccc2c(c1)C(CCC(F)(F)F)(CCC(F)(F)F)c1cc(C(=O)C(C)(C)N3CCOCC3)ccc1-2)N1CCOCC1. The molecule has 0 saturated carbocycles. The zero-order valence-electron chi connectivity index (χ0n) is 27.2. The van der Waals surface area contributed by atoms with Gasteiger partial charge in [-0.1, -0.05) is 24.3 Å². The van der Waals surface area contributed by atoms with Crippen LogP contribution in [0.5, 0.6) is 0 Å². The highest BCUT2D eigenvalue weighted by Gasteiger charge is 2.49. The number of benzene rings is 2. The Labute approximate surface area is 271 Å². The number of fused-ring (bicyclic) bond motifs is 3. The average Bonchev–Trinajstić information content (AvgIpc) is 3.30. The molecule has 2 aromatic rings. The monoisotopic (exact) mass is 668 g/mol. The molecule has 0 N–H and O–H groups in total. The summed E-state index contributed by atoms with van der Waals surface area (Å²) in [7, 11) is 0. The Kier molecular flexibility index (Phi) is 9.75. The number of hydrogen-bond acceptors (Lipinski definition) is 6. The smallest absolute Gasteiger partial charge is 0.379 e. The van der Waals surface area contributed by atoms with E-state index in [1.165, 1.54) is 12.1 Å². The van der Waals surface area contributed by atoms with E-state index >= 15 is 0 Å². The van der Waals surface area contributed by atoms with E-state index < -0.39 is 54.5 Å². The minimum Gasteiger partial charge on any atom is -0.379 e. The second-order valence-corrected chi connectivity index (χ2v) is 13.8. The summed E-state index contributed by atoms with van der Waals surface area (Å²) in [5.41, 5.74) is -1.86. The van der Waals surface area contributed by atoms with Crippen molar-refractivity contribution in [1.29, 1.82) is 0 Å². The van der Waals surface area contributed by atoms with Gasteiger partial charge in [-0.15, -0.1) is 0 Å². The van der Waals surface area contributed by atoms with Crippen LogP contribution in [-0.4, -0.2) is 97.4 Å². The predicted molar refractivity (Wildman–Crippen MR) is 165 cm³/mol. The van der Waals surface area contributed by atoms with Crippen LogP contribution in [0, 0.1) is 0 Å². The van der Waals surface area contributed by atoms with Gasteiger partial charge in [-0.2, -0.15) is 26.3 Å². The maximum absolute atomic E-state index is 14.0. The predicted octanol–water partition coefficient (Wildman–Crippen LogP) is 7.23. The Morgan fingerprint density at radius 1 is 0.638 bits per heavy atom. The Morgan fingerprint density at radius 3 is 1.30 bits per heavy atom. The number of carbonyl (C=O) groups excluding carboxylic acids is 2. The Balaban J connectivity index is 1.64. The van der Waals surface area contributed by atoms with Crippen LogP contribution in [0.1, 0.15) is 85.2 Å². The van der Waals surface area contributed by atoms with Gasteiger partial charge in [-0.05, 0) is 74.9 Å². The minimum atomic E-state index is -4.65. The number of halogens is 6. The molecule has 2 aromatic carbocycles. The van der Waals surface area contributed by atoms with Crippen molar-refractivity contribution in [3.63, 3.8) is 0 Å². The van der Waals surface area contributed by atoms with Gasteiger partial charge in [0.05, 0.1) is 37.5 Å². The molecule has 0 spiro atoms. The third kappa shape index (κ3) is 7.16. The second-order valence-electron chi connectivity index (χ2n) is 13.8. The second kappa shape index (κ2) is 12.9. The van der Waals surface area contributed by atoms with Crippen LogP contribution in [0.3, 0.4) is 0 Å². The summed E-state index contributed by atoms with van der Waals surface area (Å²) in [5.74, 6) is -0.580. The number of carbonyl (C=O) groups is 2. The first-order valence-corrected chi connectivity index (χ1v) is 16.0. The summed E-state index contributed by atoms with van der Waals surface area (Å²) in [4.78, 5) is 31.9. The van der Waals surface area contributed by atoms with Crippen LogP contribution in [0.15, 0.2) is 36.4 Å². The molecule has 12 heteroatoms. The fourth-order valence-electron chi connectivity index (χ4n) is 7.39. The van der Waals surface area contributed by atoms with Crippen LogP contribution in [0.25, 0.3) is 11.1 Å². The van der Waals surface area contributed by atoms with E-state index in [0.717, 1.165) is 0 Å². The summed E-state index contributed by atoms with van der Waals surface area (Å²) in [6.07, 6.45) is -13.3. The number of hydrogen-bond donors (Lipinski definition) is 0. The van der Waals surface area contributed by atoms with Crippen LogP contribution in [0.4, 0.5) is 26.3 Å². The number of alkyl halides is 6. The maximum Gasteiger partial charge on any atom is 0.389 e. The Bertz CT molecular complexity index is 1380.